The number of rotatable bonds is 15. The quantitative estimate of drug-likeness (QED) is 0.258. The van der Waals surface area contributed by atoms with Gasteiger partial charge in [0, 0.05) is 46.3 Å². The first kappa shape index (κ1) is 33.1. The van der Waals surface area contributed by atoms with Gasteiger partial charge >= 0.3 is 0 Å². The van der Waals surface area contributed by atoms with Gasteiger partial charge in [-0.25, -0.2) is 12.8 Å². The Morgan fingerprint density at radius 3 is 2.32 bits per heavy atom. The van der Waals surface area contributed by atoms with E-state index in [1.165, 1.54) is 45.6 Å². The Bertz CT molecular complexity index is 1450. The summed E-state index contributed by atoms with van der Waals surface area (Å²) in [5.74, 6) is -0.916. The Balaban J connectivity index is 1.52. The van der Waals surface area contributed by atoms with Crippen LogP contribution in [0.2, 0.25) is 0 Å². The zero-order valence-electron chi connectivity index (χ0n) is 24.7. The van der Waals surface area contributed by atoms with Gasteiger partial charge in [-0.2, -0.15) is 4.31 Å². The number of hydrogen-bond donors (Lipinski definition) is 1. The average molecular weight is 628 g/mol. The van der Waals surface area contributed by atoms with Gasteiger partial charge in [0.05, 0.1) is 18.1 Å². The van der Waals surface area contributed by atoms with Gasteiger partial charge in [-0.15, -0.1) is 0 Å². The second-order valence-electron chi connectivity index (χ2n) is 10.3. The molecule has 12 heteroatoms. The van der Waals surface area contributed by atoms with E-state index < -0.39 is 34.4 Å². The predicted molar refractivity (Wildman–Crippen MR) is 162 cm³/mol. The number of halogens is 1. The number of benzene rings is 3. The molecule has 1 saturated heterocycles. The molecule has 0 spiro atoms. The first-order valence-electron chi connectivity index (χ1n) is 14.4. The zero-order chi connectivity index (χ0) is 31.4. The van der Waals surface area contributed by atoms with Crippen LogP contribution in [0.3, 0.4) is 0 Å². The van der Waals surface area contributed by atoms with Crippen LogP contribution in [0.15, 0.2) is 83.8 Å². The van der Waals surface area contributed by atoms with E-state index in [1.807, 2.05) is 30.3 Å². The van der Waals surface area contributed by atoms with Gasteiger partial charge in [0.15, 0.2) is 6.61 Å². The van der Waals surface area contributed by atoms with Gasteiger partial charge in [0.2, 0.25) is 15.9 Å². The second-order valence-corrected chi connectivity index (χ2v) is 12.2. The lowest BCUT2D eigenvalue weighted by Gasteiger charge is -2.31. The lowest BCUT2D eigenvalue weighted by atomic mass is 10.0. The molecule has 236 valence electrons. The third-order valence-corrected chi connectivity index (χ3v) is 9.07. The van der Waals surface area contributed by atoms with Crippen LogP contribution in [0.1, 0.15) is 17.5 Å². The Kier molecular flexibility index (Phi) is 12.2. The molecule has 3 aromatic rings. The summed E-state index contributed by atoms with van der Waals surface area (Å²) in [5, 5.41) is 2.91. The molecule has 0 unspecified atom stereocenters. The SMILES string of the molecule is COCCCNC(=O)[C@@H](Cc1ccccc1)N(Cc1ccc(F)cc1)C(=O)COc1ccc(S(=O)(=O)N2CCOCC2)cc1. The molecular formula is C32H38FN3O7S. The highest BCUT2D eigenvalue weighted by Crippen LogP contribution is 2.21. The van der Waals surface area contributed by atoms with Crippen molar-refractivity contribution < 1.29 is 36.6 Å². The first-order chi connectivity index (χ1) is 21.3. The number of carbonyl (C=O) groups is 2. The number of hydrogen-bond acceptors (Lipinski definition) is 7. The number of ether oxygens (including phenoxy) is 3. The fourth-order valence-corrected chi connectivity index (χ4v) is 6.17. The Hall–Kier alpha value is -3.84. The van der Waals surface area contributed by atoms with Crippen molar-refractivity contribution in [3.8, 4) is 5.75 Å². The molecule has 1 atom stereocenters. The van der Waals surface area contributed by atoms with Crippen LogP contribution in [-0.2, 0) is 42.1 Å². The van der Waals surface area contributed by atoms with Crippen molar-refractivity contribution in [3.05, 3.63) is 95.8 Å². The normalized spacial score (nSPS) is 14.5. The zero-order valence-corrected chi connectivity index (χ0v) is 25.5. The minimum absolute atomic E-state index is 0.0438. The van der Waals surface area contributed by atoms with Gasteiger partial charge in [-0.1, -0.05) is 42.5 Å². The number of methoxy groups -OCH3 is 1. The van der Waals surface area contributed by atoms with E-state index in [4.69, 9.17) is 14.2 Å². The Morgan fingerprint density at radius 2 is 1.66 bits per heavy atom. The van der Waals surface area contributed by atoms with E-state index >= 15 is 0 Å². The number of morpholine rings is 1. The molecule has 1 aliphatic heterocycles. The van der Waals surface area contributed by atoms with Crippen LogP contribution in [0.4, 0.5) is 4.39 Å². The fraction of sp³-hybridized carbons (Fsp3) is 0.375. The molecule has 1 heterocycles. The molecule has 1 fully saturated rings. The highest BCUT2D eigenvalue weighted by atomic mass is 32.2. The minimum atomic E-state index is -3.68. The number of nitrogens with zero attached hydrogens (tertiary/aromatic N) is 2. The van der Waals surface area contributed by atoms with Crippen LogP contribution in [-0.4, -0.2) is 88.7 Å². The van der Waals surface area contributed by atoms with Crippen LogP contribution in [0.25, 0.3) is 0 Å². The van der Waals surface area contributed by atoms with Crippen molar-refractivity contribution in [2.24, 2.45) is 0 Å². The van der Waals surface area contributed by atoms with Crippen molar-refractivity contribution >= 4 is 21.8 Å². The van der Waals surface area contributed by atoms with Crippen molar-refractivity contribution in [2.45, 2.75) is 30.3 Å². The number of carbonyl (C=O) groups excluding carboxylic acids is 2. The molecule has 44 heavy (non-hydrogen) atoms. The van der Waals surface area contributed by atoms with E-state index in [0.717, 1.165) is 5.56 Å². The standard InChI is InChI=1S/C32H38FN3O7S/c1-41-19-5-16-34-32(38)30(22-25-6-3-2-4-7-25)36(23-26-8-10-27(33)11-9-26)31(37)24-43-28-12-14-29(15-13-28)44(39,40)35-17-20-42-21-18-35/h2-4,6-15,30H,5,16-24H2,1H3,(H,34,38)/t30-/m1/s1. The predicted octanol–water partition coefficient (Wildman–Crippen LogP) is 3.02. The number of nitrogens with one attached hydrogen (secondary N) is 1. The second kappa shape index (κ2) is 16.3. The molecule has 2 amide bonds. The van der Waals surface area contributed by atoms with Crippen molar-refractivity contribution in [2.75, 3.05) is 53.2 Å². The van der Waals surface area contributed by atoms with E-state index in [2.05, 4.69) is 5.32 Å². The topological polar surface area (TPSA) is 114 Å². The molecule has 1 N–H and O–H groups in total. The van der Waals surface area contributed by atoms with E-state index in [1.54, 1.807) is 19.2 Å². The monoisotopic (exact) mass is 627 g/mol. The van der Waals surface area contributed by atoms with Crippen molar-refractivity contribution in [3.63, 3.8) is 0 Å². The molecule has 0 aromatic heterocycles. The van der Waals surface area contributed by atoms with Crippen LogP contribution >= 0.6 is 0 Å². The lowest BCUT2D eigenvalue weighted by Crippen LogP contribution is -2.51. The van der Waals surface area contributed by atoms with E-state index in [9.17, 15) is 22.4 Å². The maximum Gasteiger partial charge on any atom is 0.261 e. The molecule has 0 aliphatic carbocycles. The largest absolute Gasteiger partial charge is 0.484 e. The Morgan fingerprint density at radius 1 is 0.977 bits per heavy atom. The van der Waals surface area contributed by atoms with Gasteiger partial charge in [-0.05, 0) is 53.9 Å². The number of amides is 2. The summed E-state index contributed by atoms with van der Waals surface area (Å²) in [6.45, 7) is 1.73. The molecule has 3 aromatic carbocycles. The lowest BCUT2D eigenvalue weighted by molar-refractivity contribution is -0.142. The summed E-state index contributed by atoms with van der Waals surface area (Å²) in [5.41, 5.74) is 1.50. The van der Waals surface area contributed by atoms with Gasteiger partial charge in [-0.3, -0.25) is 9.59 Å². The third kappa shape index (κ3) is 9.33. The molecule has 1 aliphatic rings. The Labute approximate surface area is 257 Å². The van der Waals surface area contributed by atoms with Gasteiger partial charge < -0.3 is 24.4 Å². The van der Waals surface area contributed by atoms with Crippen LogP contribution in [0, 0.1) is 5.82 Å². The first-order valence-corrected chi connectivity index (χ1v) is 15.9. The molecular weight excluding hydrogens is 589 g/mol. The van der Waals surface area contributed by atoms with E-state index in [0.29, 0.717) is 44.1 Å². The smallest absolute Gasteiger partial charge is 0.261 e. The molecule has 0 radical (unpaired) electrons. The minimum Gasteiger partial charge on any atom is -0.484 e. The van der Waals surface area contributed by atoms with Crippen molar-refractivity contribution in [1.82, 2.24) is 14.5 Å². The summed E-state index contributed by atoms with van der Waals surface area (Å²) >= 11 is 0. The van der Waals surface area contributed by atoms with Crippen molar-refractivity contribution in [1.29, 1.82) is 0 Å². The summed E-state index contributed by atoms with van der Waals surface area (Å²) in [6, 6.07) is 20.1. The molecule has 10 nitrogen and oxygen atoms in total. The maximum absolute atomic E-state index is 13.7. The van der Waals surface area contributed by atoms with Crippen LogP contribution < -0.4 is 10.1 Å². The highest BCUT2D eigenvalue weighted by Gasteiger charge is 2.31. The maximum atomic E-state index is 13.7. The summed E-state index contributed by atoms with van der Waals surface area (Å²) in [6.07, 6.45) is 0.852. The van der Waals surface area contributed by atoms with Gasteiger partial charge in [0.1, 0.15) is 17.6 Å². The molecule has 0 saturated carbocycles. The summed E-state index contributed by atoms with van der Waals surface area (Å²) < 4.78 is 57.0. The summed E-state index contributed by atoms with van der Waals surface area (Å²) in [4.78, 5) is 28.8. The summed E-state index contributed by atoms with van der Waals surface area (Å²) in [7, 11) is -2.10. The van der Waals surface area contributed by atoms with Gasteiger partial charge in [0.25, 0.3) is 5.91 Å². The van der Waals surface area contributed by atoms with Crippen LogP contribution in [0.5, 0.6) is 5.75 Å². The fourth-order valence-electron chi connectivity index (χ4n) is 4.76. The van der Waals surface area contributed by atoms with E-state index in [-0.39, 0.29) is 36.9 Å². The third-order valence-electron chi connectivity index (χ3n) is 7.16. The highest BCUT2D eigenvalue weighted by molar-refractivity contribution is 7.89. The number of sulfonamides is 1. The molecule has 4 rings (SSSR count). The molecule has 0 bridgehead atoms. The average Bonchev–Trinajstić information content (AvgIpc) is 3.05.